The average molecular weight is 2460 g/mol. The summed E-state index contributed by atoms with van der Waals surface area (Å²) in [5.41, 5.74) is 20.1. The molecule has 0 aliphatic heterocycles. The van der Waals surface area contributed by atoms with Gasteiger partial charge in [0.2, 0.25) is 0 Å². The van der Waals surface area contributed by atoms with E-state index in [-0.39, 0.29) is 60.3 Å². The first-order valence-electron chi connectivity index (χ1n) is 47.7. The summed E-state index contributed by atoms with van der Waals surface area (Å²) in [5, 5.41) is 18.1. The molecule has 0 atom stereocenters. The number of para-hydroxylation sites is 1. The fourth-order valence-corrected chi connectivity index (χ4v) is 29.5. The van der Waals surface area contributed by atoms with Crippen LogP contribution in [-0.2, 0) is 73.2 Å². The van der Waals surface area contributed by atoms with Crippen molar-refractivity contribution in [3.8, 4) is 67.5 Å². The predicted octanol–water partition coefficient (Wildman–Crippen LogP) is 26.9. The third kappa shape index (κ3) is 24.1. The zero-order valence-electron chi connectivity index (χ0n) is 81.4. The Kier molecular flexibility index (Phi) is 35.1. The summed E-state index contributed by atoms with van der Waals surface area (Å²) >= 11 is 1.83. The summed E-state index contributed by atoms with van der Waals surface area (Å²) in [6.45, 7) is 23.0. The Bertz CT molecular complexity index is 7680. The van der Waals surface area contributed by atoms with Crippen LogP contribution in [0.25, 0.3) is 132 Å². The minimum absolute atomic E-state index is 0. The molecule has 0 saturated carbocycles. The van der Waals surface area contributed by atoms with Crippen molar-refractivity contribution in [3.63, 3.8) is 0 Å². The fourth-order valence-electron chi connectivity index (χ4n) is 18.5. The fraction of sp³-hybridized carbons (Fsp3) is 0.110. The number of aromatic nitrogens is 7. The van der Waals surface area contributed by atoms with Gasteiger partial charge in [0, 0.05) is 119 Å². The van der Waals surface area contributed by atoms with Gasteiger partial charge in [-0.1, -0.05) is 335 Å². The molecule has 16 heteroatoms. The first-order valence-corrected chi connectivity index (χ1v) is 56.5. The molecule has 143 heavy (non-hydrogen) atoms. The van der Waals surface area contributed by atoms with Gasteiger partial charge in [0.05, 0.1) is 16.9 Å². The minimum atomic E-state index is -2.25. The molecule has 0 spiro atoms. The molecule has 9 nitrogen and oxygen atoms in total. The molecule has 0 amide bonds. The number of aryl methyl sites for hydroxylation is 2. The van der Waals surface area contributed by atoms with Gasteiger partial charge in [-0.2, -0.15) is 11.3 Å². The predicted molar refractivity (Wildman–Crippen MR) is 593 cm³/mol. The standard InChI is InChI=1S/C34H30NSSi.C30H31N2OSi.C30H22NOSi.3C11H8N.3Ir/c1-24(2)20-26-22-31(25-18-19-33-30(21-25)29-16-10-11-17-32(29)36-33)35-23-34(26)37(3,27-12-6-4-7-13-27)28-14-8-5-9-15-28;1-19(2)14-23-17-27(31-18-29(23)34(5,6)24-10-8-7-9-11-24)22-12-13-28-25(16-22)26-15-20(3)32-21(4)30(26)33-28;1-33(23-10-4-2-5-11-23,24-12-6-3-7-13-24)25-17-18-28(31-21-25)22-16-19-30-27(20-22)26-14-8-9-15-29(26)32-30;3*1-2-6-10(7-3-1)11-8-4-5-9-12-11;;;/h4-17,19,21-24H,20H2,1-3H3;7-11,13,15-19H,14H2,1-6H3;2-15,17-21H,1H3;3*1-6,8-9H;;;/q6*-1;;;. The number of benzene rings is 13. The van der Waals surface area contributed by atoms with Gasteiger partial charge in [-0.15, -0.1) is 179 Å². The third-order valence-corrected chi connectivity index (χ3v) is 39.4. The summed E-state index contributed by atoms with van der Waals surface area (Å²) in [5.74, 6) is 1.11. The Balaban J connectivity index is 0.000000136. The van der Waals surface area contributed by atoms with Gasteiger partial charge >= 0.3 is 0 Å². The van der Waals surface area contributed by atoms with Gasteiger partial charge in [-0.05, 0) is 155 Å². The Morgan fingerprint density at radius 1 is 0.287 bits per heavy atom. The van der Waals surface area contributed by atoms with E-state index in [9.17, 15) is 0 Å². The van der Waals surface area contributed by atoms with Crippen molar-refractivity contribution in [2.45, 2.75) is 80.6 Å². The monoisotopic (exact) mass is 2460 g/mol. The van der Waals surface area contributed by atoms with Crippen LogP contribution in [0.4, 0.5) is 0 Å². The number of thiophene rings is 1. The van der Waals surface area contributed by atoms with Crippen LogP contribution >= 0.6 is 11.3 Å². The molecular formula is C127H107Ir3N7O2SSi3-6. The zero-order chi connectivity index (χ0) is 96.4. The maximum atomic E-state index is 6.11. The number of nitrogens with zero attached hydrogens (tertiary/aromatic N) is 7. The molecule has 0 fully saturated rings. The van der Waals surface area contributed by atoms with E-state index in [1.54, 1.807) is 18.6 Å². The average Bonchev–Trinajstić information content (AvgIpc) is 1.67. The van der Waals surface area contributed by atoms with Crippen LogP contribution in [0.3, 0.4) is 0 Å². The van der Waals surface area contributed by atoms with E-state index >= 15 is 0 Å². The molecule has 23 rings (SSSR count). The quantitative estimate of drug-likeness (QED) is 0.0611. The SMILES string of the molecule is CC(C)Cc1cc(-c2[c-]cc3sc4ccccc4c3c2)ncc1[Si](C)(c1ccccc1)c1ccccc1.C[Si](c1ccccc1)(c1ccccc1)c1ccc(-c2[c-]cc3oc4ccccc4c3c2)nc1.Cc1cc2c(oc3c[c-]c(-c4cc(CC(C)C)c([Si](C)(C)c5ccccc5)cn4)cc32)c(C)n1.[Ir].[Ir].[Ir].[c-]1ccccc1-c1ccccn1.[c-]1ccccc1-c1ccccn1.[c-]1ccccc1-c1ccccn1. The molecule has 713 valence electrons. The molecule has 0 saturated heterocycles. The van der Waals surface area contributed by atoms with Crippen molar-refractivity contribution in [2.24, 2.45) is 11.8 Å². The molecular weight excluding hydrogens is 2350 g/mol. The van der Waals surface area contributed by atoms with Gasteiger partial charge < -0.3 is 38.7 Å². The van der Waals surface area contributed by atoms with Crippen LogP contribution < -0.4 is 41.5 Å². The minimum Gasteiger partial charge on any atom is -0.500 e. The van der Waals surface area contributed by atoms with Gasteiger partial charge in [0.25, 0.3) is 0 Å². The van der Waals surface area contributed by atoms with Crippen molar-refractivity contribution < 1.29 is 69.2 Å². The topological polar surface area (TPSA) is 117 Å². The maximum Gasteiger partial charge on any atom is 0.147 e. The van der Waals surface area contributed by atoms with E-state index in [1.165, 1.54) is 72.8 Å². The van der Waals surface area contributed by atoms with Gasteiger partial charge in [0.15, 0.2) is 0 Å². The van der Waals surface area contributed by atoms with Crippen LogP contribution in [0.15, 0.2) is 440 Å². The maximum absolute atomic E-state index is 6.11. The molecule has 0 unspecified atom stereocenters. The second-order valence-electron chi connectivity index (χ2n) is 36.7. The van der Waals surface area contributed by atoms with Crippen LogP contribution in [0.1, 0.15) is 50.2 Å². The first-order chi connectivity index (χ1) is 68.4. The Hall–Kier alpha value is -13.7. The number of rotatable bonds is 18. The summed E-state index contributed by atoms with van der Waals surface area (Å²) in [6.07, 6.45) is 13.8. The van der Waals surface area contributed by atoms with Crippen molar-refractivity contribution in [1.29, 1.82) is 0 Å². The number of hydrogen-bond donors (Lipinski definition) is 0. The van der Waals surface area contributed by atoms with Crippen molar-refractivity contribution in [3.05, 3.63) is 490 Å². The first kappa shape index (κ1) is 104. The second-order valence-corrected chi connectivity index (χ2v) is 50.0. The molecule has 0 bridgehead atoms. The van der Waals surface area contributed by atoms with Gasteiger partial charge in [0.1, 0.15) is 35.4 Å². The number of pyridine rings is 7. The number of furan rings is 2. The molecule has 10 heterocycles. The Morgan fingerprint density at radius 3 is 1.14 bits per heavy atom. The molecule has 23 aromatic rings. The smallest absolute Gasteiger partial charge is 0.147 e. The summed E-state index contributed by atoms with van der Waals surface area (Å²) < 4.78 is 14.7. The molecule has 0 aliphatic rings. The normalized spacial score (nSPS) is 11.2. The zero-order valence-corrected chi connectivity index (χ0v) is 92.4. The van der Waals surface area contributed by atoms with Crippen LogP contribution in [-0.4, -0.2) is 59.1 Å². The van der Waals surface area contributed by atoms with E-state index in [4.69, 9.17) is 23.8 Å². The van der Waals surface area contributed by atoms with Gasteiger partial charge in [-0.3, -0.25) is 4.98 Å². The third-order valence-electron chi connectivity index (χ3n) is 25.8. The van der Waals surface area contributed by atoms with Crippen LogP contribution in [0, 0.1) is 62.1 Å². The molecule has 3 radical (unpaired) electrons. The molecule has 13 aromatic carbocycles. The van der Waals surface area contributed by atoms with Crippen LogP contribution in [0.2, 0.25) is 26.2 Å². The summed E-state index contributed by atoms with van der Waals surface area (Å²) in [7, 11) is -6.28. The Morgan fingerprint density at radius 2 is 0.678 bits per heavy atom. The number of hydrogen-bond acceptors (Lipinski definition) is 10. The molecule has 0 N–H and O–H groups in total. The van der Waals surface area contributed by atoms with E-state index in [0.29, 0.717) is 11.8 Å². The molecule has 0 aliphatic carbocycles. The van der Waals surface area contributed by atoms with Crippen molar-refractivity contribution >= 4 is 141 Å². The van der Waals surface area contributed by atoms with Crippen molar-refractivity contribution in [1.82, 2.24) is 34.9 Å². The van der Waals surface area contributed by atoms with E-state index in [2.05, 4.69) is 365 Å². The van der Waals surface area contributed by atoms with Crippen molar-refractivity contribution in [2.75, 3.05) is 0 Å². The number of fused-ring (bicyclic) bond motifs is 9. The summed E-state index contributed by atoms with van der Waals surface area (Å²) in [6, 6.07) is 156. The van der Waals surface area contributed by atoms with E-state index < -0.39 is 24.2 Å². The largest absolute Gasteiger partial charge is 0.500 e. The van der Waals surface area contributed by atoms with E-state index in [1.807, 2.05) is 183 Å². The Labute approximate surface area is 887 Å². The van der Waals surface area contributed by atoms with Crippen LogP contribution in [0.5, 0.6) is 0 Å². The van der Waals surface area contributed by atoms with Gasteiger partial charge in [-0.25, -0.2) is 0 Å². The van der Waals surface area contributed by atoms with E-state index in [0.717, 1.165) is 136 Å². The summed E-state index contributed by atoms with van der Waals surface area (Å²) in [4.78, 5) is 32.2. The molecule has 10 aromatic heterocycles. The second kappa shape index (κ2) is 48.4.